The molecule has 2 rings (SSSR count). The maximum absolute atomic E-state index is 3.60. The molecule has 4 atom stereocenters. The van der Waals surface area contributed by atoms with Crippen LogP contribution in [-0.4, -0.2) is 43.7 Å². The molecule has 1 aromatic rings. The van der Waals surface area contributed by atoms with Gasteiger partial charge in [0.15, 0.2) is 0 Å². The normalized spacial score (nSPS) is 27.2. The largest absolute Gasteiger partial charge is 0.313 e. The topological polar surface area (TPSA) is 27.3 Å². The number of nitrogens with zero attached hydrogens (tertiary/aromatic N) is 1. The van der Waals surface area contributed by atoms with Crippen LogP contribution >= 0.6 is 0 Å². The van der Waals surface area contributed by atoms with Crippen molar-refractivity contribution in [2.45, 2.75) is 38.9 Å². The minimum atomic E-state index is 0.427. The van der Waals surface area contributed by atoms with Crippen molar-refractivity contribution in [3.63, 3.8) is 0 Å². The van der Waals surface area contributed by atoms with E-state index in [-0.39, 0.29) is 0 Å². The second-order valence-corrected chi connectivity index (χ2v) is 6.34. The summed E-state index contributed by atoms with van der Waals surface area (Å²) >= 11 is 0. The van der Waals surface area contributed by atoms with Crippen molar-refractivity contribution < 1.29 is 0 Å². The van der Waals surface area contributed by atoms with Gasteiger partial charge in [0.2, 0.25) is 0 Å². The van der Waals surface area contributed by atoms with Crippen LogP contribution in [0.3, 0.4) is 0 Å². The molecule has 3 heteroatoms. The molecular formula is C17H29N3. The Kier molecular flexibility index (Phi) is 5.58. The zero-order chi connectivity index (χ0) is 14.5. The number of hydrogen-bond donors (Lipinski definition) is 2. The number of nitrogens with one attached hydrogen (secondary N) is 2. The molecule has 0 amide bonds. The Balaban J connectivity index is 1.97. The Morgan fingerprint density at radius 2 is 1.80 bits per heavy atom. The molecule has 0 aliphatic carbocycles. The van der Waals surface area contributed by atoms with E-state index in [0.29, 0.717) is 24.0 Å². The van der Waals surface area contributed by atoms with Crippen LogP contribution in [-0.2, 0) is 0 Å². The smallest absolute Gasteiger partial charge is 0.0355 e. The average Bonchev–Trinajstić information content (AvgIpc) is 2.39. The summed E-state index contributed by atoms with van der Waals surface area (Å²) in [5, 5.41) is 7.09. The van der Waals surface area contributed by atoms with Gasteiger partial charge in [-0.25, -0.2) is 0 Å². The third-order valence-electron chi connectivity index (χ3n) is 4.22. The quantitative estimate of drug-likeness (QED) is 0.863. The van der Waals surface area contributed by atoms with E-state index in [0.717, 1.165) is 19.6 Å². The molecule has 1 aromatic carbocycles. The highest BCUT2D eigenvalue weighted by molar-refractivity contribution is 5.19. The zero-order valence-electron chi connectivity index (χ0n) is 13.3. The highest BCUT2D eigenvalue weighted by atomic mass is 15.2. The molecule has 0 aromatic heterocycles. The van der Waals surface area contributed by atoms with Crippen molar-refractivity contribution in [1.82, 2.24) is 15.5 Å². The van der Waals surface area contributed by atoms with Crippen LogP contribution < -0.4 is 10.6 Å². The fourth-order valence-electron chi connectivity index (χ4n) is 3.54. The predicted octanol–water partition coefficient (Wildman–Crippen LogP) is 2.27. The zero-order valence-corrected chi connectivity index (χ0v) is 13.3. The molecule has 0 radical (unpaired) electrons. The van der Waals surface area contributed by atoms with Gasteiger partial charge >= 0.3 is 0 Å². The summed E-state index contributed by atoms with van der Waals surface area (Å²) in [4.78, 5) is 2.60. The summed E-state index contributed by atoms with van der Waals surface area (Å²) < 4.78 is 0. The van der Waals surface area contributed by atoms with E-state index < -0.39 is 0 Å². The summed E-state index contributed by atoms with van der Waals surface area (Å²) in [6.45, 7) is 10.4. The molecule has 0 saturated carbocycles. The van der Waals surface area contributed by atoms with Gasteiger partial charge in [-0.05, 0) is 32.4 Å². The first kappa shape index (κ1) is 15.5. The van der Waals surface area contributed by atoms with Gasteiger partial charge in [-0.15, -0.1) is 0 Å². The summed E-state index contributed by atoms with van der Waals surface area (Å²) in [7, 11) is 2.07. The van der Waals surface area contributed by atoms with Crippen molar-refractivity contribution in [3.8, 4) is 0 Å². The van der Waals surface area contributed by atoms with Crippen LogP contribution in [0.1, 0.15) is 32.4 Å². The third-order valence-corrected chi connectivity index (χ3v) is 4.22. The fraction of sp³-hybridized carbons (Fsp3) is 0.647. The second-order valence-electron chi connectivity index (χ2n) is 6.34. The molecule has 1 fully saturated rings. The van der Waals surface area contributed by atoms with Crippen LogP contribution in [0.4, 0.5) is 0 Å². The van der Waals surface area contributed by atoms with Crippen LogP contribution in [0, 0.1) is 5.92 Å². The van der Waals surface area contributed by atoms with E-state index in [1.807, 2.05) is 0 Å². The van der Waals surface area contributed by atoms with Crippen molar-refractivity contribution in [3.05, 3.63) is 35.9 Å². The van der Waals surface area contributed by atoms with Gasteiger partial charge in [0.1, 0.15) is 0 Å². The fourth-order valence-corrected chi connectivity index (χ4v) is 3.54. The molecule has 0 bridgehead atoms. The number of rotatable bonds is 5. The highest BCUT2D eigenvalue weighted by Crippen LogP contribution is 2.23. The molecule has 1 heterocycles. The van der Waals surface area contributed by atoms with Gasteiger partial charge < -0.3 is 10.6 Å². The van der Waals surface area contributed by atoms with Gasteiger partial charge in [0.05, 0.1) is 0 Å². The van der Waals surface area contributed by atoms with E-state index in [1.165, 1.54) is 5.56 Å². The lowest BCUT2D eigenvalue weighted by Gasteiger charge is -2.38. The first-order valence-electron chi connectivity index (χ1n) is 7.80. The molecule has 2 unspecified atom stereocenters. The van der Waals surface area contributed by atoms with Crippen molar-refractivity contribution in [2.75, 3.05) is 26.7 Å². The van der Waals surface area contributed by atoms with Crippen LogP contribution in [0.2, 0.25) is 0 Å². The lowest BCUT2D eigenvalue weighted by atomic mass is 9.93. The van der Waals surface area contributed by atoms with E-state index in [2.05, 4.69) is 73.7 Å². The van der Waals surface area contributed by atoms with E-state index in [4.69, 9.17) is 0 Å². The Bertz CT molecular complexity index is 382. The highest BCUT2D eigenvalue weighted by Gasteiger charge is 2.25. The minimum absolute atomic E-state index is 0.427. The average molecular weight is 275 g/mol. The molecule has 2 N–H and O–H groups in total. The van der Waals surface area contributed by atoms with Crippen molar-refractivity contribution in [2.24, 2.45) is 5.92 Å². The van der Waals surface area contributed by atoms with Crippen molar-refractivity contribution >= 4 is 0 Å². The van der Waals surface area contributed by atoms with Crippen LogP contribution in [0.15, 0.2) is 30.3 Å². The summed E-state index contributed by atoms with van der Waals surface area (Å²) in [6.07, 6.45) is 0. The Morgan fingerprint density at radius 3 is 2.35 bits per heavy atom. The third kappa shape index (κ3) is 4.05. The SMILES string of the molecule is CN[C@@H](c1ccccc1)[C@@H](C)CN1CC(C)NC(C)C1. The van der Waals surface area contributed by atoms with Crippen molar-refractivity contribution in [1.29, 1.82) is 0 Å². The van der Waals surface area contributed by atoms with Gasteiger partial charge in [0.25, 0.3) is 0 Å². The van der Waals surface area contributed by atoms with Crippen LogP contribution in [0.25, 0.3) is 0 Å². The molecular weight excluding hydrogens is 246 g/mol. The second kappa shape index (κ2) is 7.21. The standard InChI is InChI=1S/C17H29N3/c1-13(10-20-11-14(2)19-15(3)12-20)17(18-4)16-8-6-5-7-9-16/h5-9,13-15,17-19H,10-12H2,1-4H3/t13-,14?,15?,17+/m0/s1. The predicted molar refractivity (Wildman–Crippen MR) is 85.9 cm³/mol. The van der Waals surface area contributed by atoms with E-state index in [1.54, 1.807) is 0 Å². The molecule has 1 aliphatic heterocycles. The Labute approximate surface area is 123 Å². The first-order valence-corrected chi connectivity index (χ1v) is 7.80. The minimum Gasteiger partial charge on any atom is -0.313 e. The Morgan fingerprint density at radius 1 is 1.20 bits per heavy atom. The summed E-state index contributed by atoms with van der Waals surface area (Å²) in [5.41, 5.74) is 1.39. The monoisotopic (exact) mass is 275 g/mol. The van der Waals surface area contributed by atoms with E-state index >= 15 is 0 Å². The lowest BCUT2D eigenvalue weighted by Crippen LogP contribution is -2.55. The van der Waals surface area contributed by atoms with Gasteiger partial charge in [-0.2, -0.15) is 0 Å². The number of piperazine rings is 1. The molecule has 112 valence electrons. The van der Waals surface area contributed by atoms with Gasteiger partial charge in [-0.3, -0.25) is 4.90 Å². The molecule has 1 aliphatic rings. The first-order chi connectivity index (χ1) is 9.60. The maximum Gasteiger partial charge on any atom is 0.0355 e. The van der Waals surface area contributed by atoms with Gasteiger partial charge in [-0.1, -0.05) is 37.3 Å². The summed E-state index contributed by atoms with van der Waals surface area (Å²) in [6, 6.07) is 12.4. The van der Waals surface area contributed by atoms with E-state index in [9.17, 15) is 0 Å². The number of hydrogen-bond acceptors (Lipinski definition) is 3. The molecule has 3 nitrogen and oxygen atoms in total. The van der Waals surface area contributed by atoms with Crippen LogP contribution in [0.5, 0.6) is 0 Å². The molecule has 20 heavy (non-hydrogen) atoms. The molecule has 1 saturated heterocycles. The Hall–Kier alpha value is -0.900. The lowest BCUT2D eigenvalue weighted by molar-refractivity contribution is 0.143. The maximum atomic E-state index is 3.60. The van der Waals surface area contributed by atoms with Gasteiger partial charge in [0, 0.05) is 37.8 Å². The molecule has 0 spiro atoms. The number of benzene rings is 1. The summed E-state index contributed by atoms with van der Waals surface area (Å²) in [5.74, 6) is 0.597.